The lowest BCUT2D eigenvalue weighted by Crippen LogP contribution is -2.30. The summed E-state index contributed by atoms with van der Waals surface area (Å²) in [5, 5.41) is 0. The zero-order chi connectivity index (χ0) is 13.0. The summed E-state index contributed by atoms with van der Waals surface area (Å²) in [6, 6.07) is 0. The van der Waals surface area contributed by atoms with Crippen LogP contribution < -0.4 is 0 Å². The van der Waals surface area contributed by atoms with Gasteiger partial charge in [0.15, 0.2) is 0 Å². The van der Waals surface area contributed by atoms with E-state index in [0.29, 0.717) is 0 Å². The SMILES string of the molecule is CCOC(=O)CC(C)OS(=O)(=O)C(F)(F)F. The number of halogens is 3. The van der Waals surface area contributed by atoms with Gasteiger partial charge in [-0.2, -0.15) is 21.6 Å². The zero-order valence-corrected chi connectivity index (χ0v) is 9.39. The van der Waals surface area contributed by atoms with E-state index in [1.807, 2.05) is 0 Å². The third-order valence-electron chi connectivity index (χ3n) is 1.33. The van der Waals surface area contributed by atoms with Gasteiger partial charge in [0.1, 0.15) is 0 Å². The molecule has 0 N–H and O–H groups in total. The van der Waals surface area contributed by atoms with Crippen molar-refractivity contribution >= 4 is 16.1 Å². The molecule has 0 radical (unpaired) electrons. The van der Waals surface area contributed by atoms with E-state index in [4.69, 9.17) is 0 Å². The Morgan fingerprint density at radius 1 is 1.38 bits per heavy atom. The van der Waals surface area contributed by atoms with Crippen LogP contribution in [0.1, 0.15) is 20.3 Å². The van der Waals surface area contributed by atoms with Gasteiger partial charge in [0.05, 0.1) is 19.1 Å². The fourth-order valence-electron chi connectivity index (χ4n) is 0.759. The fraction of sp³-hybridized carbons (Fsp3) is 0.857. The minimum atomic E-state index is -5.67. The van der Waals surface area contributed by atoms with E-state index < -0.39 is 34.1 Å². The standard InChI is InChI=1S/C7H11F3O5S/c1-3-14-6(11)4-5(2)15-16(12,13)7(8,9)10/h5H,3-4H2,1-2H3. The number of rotatable bonds is 5. The summed E-state index contributed by atoms with van der Waals surface area (Å²) < 4.78 is 64.7. The highest BCUT2D eigenvalue weighted by molar-refractivity contribution is 7.87. The Balaban J connectivity index is 4.36. The topological polar surface area (TPSA) is 69.7 Å². The number of carbonyl (C=O) groups excluding carboxylic acids is 1. The van der Waals surface area contributed by atoms with Crippen molar-refractivity contribution in [1.29, 1.82) is 0 Å². The molecule has 1 atom stereocenters. The van der Waals surface area contributed by atoms with Gasteiger partial charge in [0.2, 0.25) is 0 Å². The summed E-state index contributed by atoms with van der Waals surface area (Å²) in [5.41, 5.74) is -5.49. The van der Waals surface area contributed by atoms with Crippen molar-refractivity contribution in [3.63, 3.8) is 0 Å². The number of hydrogen-bond donors (Lipinski definition) is 0. The Morgan fingerprint density at radius 3 is 2.25 bits per heavy atom. The van der Waals surface area contributed by atoms with Crippen molar-refractivity contribution in [2.24, 2.45) is 0 Å². The van der Waals surface area contributed by atoms with Crippen LogP contribution in [0.3, 0.4) is 0 Å². The molecule has 1 unspecified atom stereocenters. The minimum absolute atomic E-state index is 0.0531. The third kappa shape index (κ3) is 4.79. The predicted octanol–water partition coefficient (Wildman–Crippen LogP) is 1.19. The molecular weight excluding hydrogens is 253 g/mol. The van der Waals surface area contributed by atoms with Crippen LogP contribution in [-0.2, 0) is 23.8 Å². The Kier molecular flexibility index (Phi) is 5.20. The Morgan fingerprint density at radius 2 is 1.88 bits per heavy atom. The number of carbonyl (C=O) groups is 1. The minimum Gasteiger partial charge on any atom is -0.466 e. The summed E-state index contributed by atoms with van der Waals surface area (Å²) in [6.45, 7) is 2.59. The second-order valence-corrected chi connectivity index (χ2v) is 4.38. The fourth-order valence-corrected chi connectivity index (χ4v) is 1.37. The maximum atomic E-state index is 11.9. The maximum Gasteiger partial charge on any atom is 0.523 e. The monoisotopic (exact) mass is 264 g/mol. The predicted molar refractivity (Wildman–Crippen MR) is 46.8 cm³/mol. The van der Waals surface area contributed by atoms with Crippen molar-refractivity contribution in [3.8, 4) is 0 Å². The molecule has 0 aliphatic carbocycles. The van der Waals surface area contributed by atoms with Gasteiger partial charge in [0.25, 0.3) is 0 Å². The number of ether oxygens (including phenoxy) is 1. The van der Waals surface area contributed by atoms with Crippen LogP contribution >= 0.6 is 0 Å². The number of hydrogen-bond acceptors (Lipinski definition) is 5. The first-order valence-electron chi connectivity index (χ1n) is 4.25. The Hall–Kier alpha value is -0.830. The van der Waals surface area contributed by atoms with Crippen molar-refractivity contribution in [2.75, 3.05) is 6.61 Å². The van der Waals surface area contributed by atoms with Gasteiger partial charge >= 0.3 is 21.6 Å². The smallest absolute Gasteiger partial charge is 0.466 e. The molecule has 0 fully saturated rings. The van der Waals surface area contributed by atoms with Crippen LogP contribution in [0, 0.1) is 0 Å². The highest BCUT2D eigenvalue weighted by Crippen LogP contribution is 2.26. The summed E-state index contributed by atoms with van der Waals surface area (Å²) in [4.78, 5) is 10.8. The third-order valence-corrected chi connectivity index (χ3v) is 2.48. The van der Waals surface area contributed by atoms with Gasteiger partial charge < -0.3 is 4.74 Å². The van der Waals surface area contributed by atoms with Crippen LogP contribution in [0.15, 0.2) is 0 Å². The highest BCUT2D eigenvalue weighted by Gasteiger charge is 2.48. The molecule has 16 heavy (non-hydrogen) atoms. The van der Waals surface area contributed by atoms with Crippen molar-refractivity contribution < 1.29 is 35.3 Å². The molecule has 0 aromatic rings. The average molecular weight is 264 g/mol. The molecule has 0 rings (SSSR count). The van der Waals surface area contributed by atoms with Crippen LogP contribution in [0.25, 0.3) is 0 Å². The molecule has 9 heteroatoms. The molecule has 96 valence electrons. The van der Waals surface area contributed by atoms with E-state index in [0.717, 1.165) is 6.92 Å². The van der Waals surface area contributed by atoms with Gasteiger partial charge in [-0.05, 0) is 13.8 Å². The molecule has 0 saturated heterocycles. The van der Waals surface area contributed by atoms with Crippen molar-refractivity contribution in [2.45, 2.75) is 31.9 Å². The normalized spacial score (nSPS) is 14.6. The summed E-state index contributed by atoms with van der Waals surface area (Å²) in [7, 11) is -5.67. The molecule has 0 saturated carbocycles. The quantitative estimate of drug-likeness (QED) is 0.424. The number of esters is 1. The lowest BCUT2D eigenvalue weighted by molar-refractivity contribution is -0.144. The van der Waals surface area contributed by atoms with E-state index in [1.54, 1.807) is 0 Å². The van der Waals surface area contributed by atoms with Gasteiger partial charge in [-0.1, -0.05) is 0 Å². The van der Waals surface area contributed by atoms with Gasteiger partial charge in [-0.25, -0.2) is 0 Å². The average Bonchev–Trinajstić information content (AvgIpc) is 1.99. The molecule has 0 bridgehead atoms. The molecule has 0 aliphatic heterocycles. The molecule has 0 aliphatic rings. The van der Waals surface area contributed by atoms with Crippen LogP contribution in [0.4, 0.5) is 13.2 Å². The Labute approximate surface area is 90.6 Å². The maximum absolute atomic E-state index is 11.9. The van der Waals surface area contributed by atoms with E-state index in [-0.39, 0.29) is 6.61 Å². The first kappa shape index (κ1) is 15.2. The number of alkyl halides is 3. The molecular formula is C7H11F3O5S. The molecule has 0 spiro atoms. The molecule has 5 nitrogen and oxygen atoms in total. The second-order valence-electron chi connectivity index (χ2n) is 2.82. The van der Waals surface area contributed by atoms with Crippen molar-refractivity contribution in [1.82, 2.24) is 0 Å². The molecule has 0 amide bonds. The second kappa shape index (κ2) is 5.48. The van der Waals surface area contributed by atoms with E-state index >= 15 is 0 Å². The van der Waals surface area contributed by atoms with E-state index in [2.05, 4.69) is 8.92 Å². The van der Waals surface area contributed by atoms with Crippen LogP contribution in [0.2, 0.25) is 0 Å². The molecule has 0 heterocycles. The van der Waals surface area contributed by atoms with Gasteiger partial charge in [-0.3, -0.25) is 8.98 Å². The first-order valence-corrected chi connectivity index (χ1v) is 5.66. The first-order chi connectivity index (χ1) is 7.10. The van der Waals surface area contributed by atoms with E-state index in [9.17, 15) is 26.4 Å². The van der Waals surface area contributed by atoms with E-state index in [1.165, 1.54) is 6.92 Å². The summed E-state index contributed by atoms with van der Waals surface area (Å²) in [6.07, 6.45) is -1.99. The lowest BCUT2D eigenvalue weighted by atomic mass is 10.3. The van der Waals surface area contributed by atoms with Crippen LogP contribution in [-0.4, -0.2) is 32.6 Å². The molecule has 0 aromatic heterocycles. The molecule has 0 aromatic carbocycles. The largest absolute Gasteiger partial charge is 0.523 e. The highest BCUT2D eigenvalue weighted by atomic mass is 32.2. The van der Waals surface area contributed by atoms with Gasteiger partial charge in [-0.15, -0.1) is 0 Å². The van der Waals surface area contributed by atoms with Gasteiger partial charge in [0, 0.05) is 0 Å². The summed E-state index contributed by atoms with van der Waals surface area (Å²) in [5.74, 6) is -0.827. The Bertz CT molecular complexity index is 334. The summed E-state index contributed by atoms with van der Waals surface area (Å²) >= 11 is 0. The lowest BCUT2D eigenvalue weighted by Gasteiger charge is -2.13. The van der Waals surface area contributed by atoms with Crippen LogP contribution in [0.5, 0.6) is 0 Å². The zero-order valence-electron chi connectivity index (χ0n) is 8.57. The van der Waals surface area contributed by atoms with Crippen molar-refractivity contribution in [3.05, 3.63) is 0 Å².